The Bertz CT molecular complexity index is 1490. The molecule has 1 heterocycles. The van der Waals surface area contributed by atoms with E-state index in [0.29, 0.717) is 28.0 Å². The summed E-state index contributed by atoms with van der Waals surface area (Å²) < 4.78 is 47.0. The van der Waals surface area contributed by atoms with Crippen molar-refractivity contribution in [3.05, 3.63) is 95.3 Å². The molecule has 39 heavy (non-hydrogen) atoms. The number of carbonyl (C=O) groups is 2. The number of aromatic nitrogens is 3. The van der Waals surface area contributed by atoms with Crippen LogP contribution in [0.1, 0.15) is 27.3 Å². The minimum absolute atomic E-state index is 0.0174. The van der Waals surface area contributed by atoms with E-state index in [-0.39, 0.29) is 23.9 Å². The Balaban J connectivity index is 1.55. The lowest BCUT2D eigenvalue weighted by molar-refractivity contribution is -0.137. The van der Waals surface area contributed by atoms with Crippen LogP contribution in [0.5, 0.6) is 5.75 Å². The van der Waals surface area contributed by atoms with Gasteiger partial charge in [-0.1, -0.05) is 53.7 Å². The van der Waals surface area contributed by atoms with Crippen molar-refractivity contribution in [3.63, 3.8) is 0 Å². The molecule has 0 bridgehead atoms. The molecule has 0 atom stereocenters. The topological polar surface area (TPSA) is 98.1 Å². The fourth-order valence-electron chi connectivity index (χ4n) is 3.77. The number of hydrogen-bond acceptors (Lipinski definition) is 6. The van der Waals surface area contributed by atoms with Crippen LogP contribution in [0.15, 0.2) is 78.0 Å². The Morgan fingerprint density at radius 1 is 1.00 bits per heavy atom. The van der Waals surface area contributed by atoms with Crippen molar-refractivity contribution in [2.45, 2.75) is 24.8 Å². The predicted octanol–water partition coefficient (Wildman–Crippen LogP) is 5.26. The van der Waals surface area contributed by atoms with Gasteiger partial charge in [0.2, 0.25) is 5.91 Å². The minimum atomic E-state index is -4.61. The number of alkyl halides is 3. The SMILES string of the molecule is COc1ccccc1-n1c(CNC(=O)c2cccc(C)c2)nnc1SCC(=O)Nc1ccccc1C(F)(F)F. The first-order valence-corrected chi connectivity index (χ1v) is 12.7. The van der Waals surface area contributed by atoms with Crippen molar-refractivity contribution in [1.82, 2.24) is 20.1 Å². The average Bonchev–Trinajstić information content (AvgIpc) is 3.32. The number of methoxy groups -OCH3 is 1. The molecule has 0 aliphatic carbocycles. The quantitative estimate of drug-likeness (QED) is 0.273. The second-order valence-electron chi connectivity index (χ2n) is 8.34. The molecule has 2 N–H and O–H groups in total. The van der Waals surface area contributed by atoms with Crippen LogP contribution >= 0.6 is 11.8 Å². The third-order valence-corrected chi connectivity index (χ3v) is 6.48. The van der Waals surface area contributed by atoms with Gasteiger partial charge in [0.15, 0.2) is 11.0 Å². The van der Waals surface area contributed by atoms with E-state index in [1.807, 2.05) is 13.0 Å². The number of aryl methyl sites for hydroxylation is 1. The molecule has 0 saturated heterocycles. The maximum Gasteiger partial charge on any atom is 0.418 e. The van der Waals surface area contributed by atoms with E-state index in [2.05, 4.69) is 20.8 Å². The molecule has 0 fully saturated rings. The zero-order valence-electron chi connectivity index (χ0n) is 21.0. The predicted molar refractivity (Wildman–Crippen MR) is 141 cm³/mol. The lowest BCUT2D eigenvalue weighted by Gasteiger charge is -2.15. The lowest BCUT2D eigenvalue weighted by Crippen LogP contribution is -2.24. The zero-order valence-corrected chi connectivity index (χ0v) is 21.8. The summed E-state index contributed by atoms with van der Waals surface area (Å²) in [7, 11) is 1.50. The summed E-state index contributed by atoms with van der Waals surface area (Å²) in [5, 5.41) is 13.8. The smallest absolute Gasteiger partial charge is 0.418 e. The largest absolute Gasteiger partial charge is 0.495 e. The molecule has 0 aliphatic rings. The van der Waals surface area contributed by atoms with Crippen LogP contribution in [0, 0.1) is 6.92 Å². The number of nitrogens with one attached hydrogen (secondary N) is 2. The Labute approximate surface area is 226 Å². The molecule has 0 saturated carbocycles. The van der Waals surface area contributed by atoms with Crippen LogP contribution in [0.2, 0.25) is 0 Å². The molecule has 12 heteroatoms. The number of carbonyl (C=O) groups excluding carboxylic acids is 2. The number of ether oxygens (including phenoxy) is 1. The van der Waals surface area contributed by atoms with Crippen LogP contribution in [0.3, 0.4) is 0 Å². The van der Waals surface area contributed by atoms with Gasteiger partial charge in [-0.2, -0.15) is 13.2 Å². The van der Waals surface area contributed by atoms with Crippen molar-refractivity contribution in [3.8, 4) is 11.4 Å². The van der Waals surface area contributed by atoms with Crippen LogP contribution in [0.25, 0.3) is 5.69 Å². The number of rotatable bonds is 9. The summed E-state index contributed by atoms with van der Waals surface area (Å²) in [6.07, 6.45) is -4.61. The Morgan fingerprint density at radius 3 is 2.49 bits per heavy atom. The fraction of sp³-hybridized carbons (Fsp3) is 0.185. The van der Waals surface area contributed by atoms with Crippen molar-refractivity contribution in [2.24, 2.45) is 0 Å². The van der Waals surface area contributed by atoms with Gasteiger partial charge >= 0.3 is 6.18 Å². The van der Waals surface area contributed by atoms with Gasteiger partial charge in [0.25, 0.3) is 5.91 Å². The van der Waals surface area contributed by atoms with Crippen LogP contribution in [-0.4, -0.2) is 39.4 Å². The van der Waals surface area contributed by atoms with Crippen LogP contribution < -0.4 is 15.4 Å². The lowest BCUT2D eigenvalue weighted by atomic mass is 10.1. The summed E-state index contributed by atoms with van der Waals surface area (Å²) in [6.45, 7) is 1.90. The highest BCUT2D eigenvalue weighted by Crippen LogP contribution is 2.35. The molecule has 1 aromatic heterocycles. The van der Waals surface area contributed by atoms with Gasteiger partial charge < -0.3 is 15.4 Å². The maximum absolute atomic E-state index is 13.3. The Morgan fingerprint density at radius 2 is 1.74 bits per heavy atom. The van der Waals surface area contributed by atoms with E-state index in [0.717, 1.165) is 23.4 Å². The van der Waals surface area contributed by atoms with E-state index in [9.17, 15) is 22.8 Å². The highest BCUT2D eigenvalue weighted by Gasteiger charge is 2.33. The van der Waals surface area contributed by atoms with Gasteiger partial charge in [-0.15, -0.1) is 10.2 Å². The van der Waals surface area contributed by atoms with Gasteiger partial charge in [-0.25, -0.2) is 0 Å². The number of halogens is 3. The number of hydrogen-bond donors (Lipinski definition) is 2. The molecular weight excluding hydrogens is 531 g/mol. The van der Waals surface area contributed by atoms with Gasteiger partial charge in [-0.3, -0.25) is 14.2 Å². The maximum atomic E-state index is 13.3. The molecule has 4 rings (SSSR count). The van der Waals surface area contributed by atoms with Crippen molar-refractivity contribution >= 4 is 29.3 Å². The third kappa shape index (κ3) is 6.77. The van der Waals surface area contributed by atoms with E-state index in [4.69, 9.17) is 4.74 Å². The number of para-hydroxylation sites is 3. The number of thioether (sulfide) groups is 1. The normalized spacial score (nSPS) is 11.2. The molecular formula is C27H24F3N5O3S. The van der Waals surface area contributed by atoms with Gasteiger partial charge in [0.1, 0.15) is 5.75 Å². The zero-order chi connectivity index (χ0) is 28.0. The summed E-state index contributed by atoms with van der Waals surface area (Å²) in [6, 6.07) is 18.9. The number of amides is 2. The minimum Gasteiger partial charge on any atom is -0.495 e. The van der Waals surface area contributed by atoms with Crippen molar-refractivity contribution < 1.29 is 27.5 Å². The van der Waals surface area contributed by atoms with Gasteiger partial charge in [0.05, 0.1) is 36.3 Å². The first-order valence-electron chi connectivity index (χ1n) is 11.7. The van der Waals surface area contributed by atoms with Gasteiger partial charge in [0, 0.05) is 5.56 Å². The standard InChI is InChI=1S/C27H24F3N5O3S/c1-17-8-7-9-18(14-17)25(37)31-15-23-33-34-26(35(23)21-12-5-6-13-22(21)38-2)39-16-24(36)32-20-11-4-3-10-19(20)27(28,29)30/h3-14H,15-16H2,1-2H3,(H,31,37)(H,32,36). The van der Waals surface area contributed by atoms with E-state index < -0.39 is 17.6 Å². The highest BCUT2D eigenvalue weighted by atomic mass is 32.2. The molecule has 3 aromatic carbocycles. The van der Waals surface area contributed by atoms with E-state index >= 15 is 0 Å². The average molecular weight is 556 g/mol. The first kappa shape index (κ1) is 27.7. The number of anilines is 1. The van der Waals surface area contributed by atoms with Gasteiger partial charge in [-0.05, 0) is 43.3 Å². The summed E-state index contributed by atoms with van der Waals surface area (Å²) >= 11 is 0.983. The molecule has 202 valence electrons. The molecule has 0 unspecified atom stereocenters. The molecule has 0 aliphatic heterocycles. The summed E-state index contributed by atoms with van der Waals surface area (Å²) in [5.41, 5.74) is 0.724. The fourth-order valence-corrected chi connectivity index (χ4v) is 4.53. The summed E-state index contributed by atoms with van der Waals surface area (Å²) in [5.74, 6) is -0.333. The van der Waals surface area contributed by atoms with Crippen LogP contribution in [0.4, 0.5) is 18.9 Å². The van der Waals surface area contributed by atoms with Crippen LogP contribution in [-0.2, 0) is 17.5 Å². The van der Waals surface area contributed by atoms with Crippen molar-refractivity contribution in [2.75, 3.05) is 18.2 Å². The Hall–Kier alpha value is -4.32. The number of benzene rings is 3. The van der Waals surface area contributed by atoms with E-state index in [1.54, 1.807) is 47.0 Å². The molecule has 8 nitrogen and oxygen atoms in total. The third-order valence-electron chi connectivity index (χ3n) is 5.55. The molecule has 0 spiro atoms. The molecule has 2 amide bonds. The highest BCUT2D eigenvalue weighted by molar-refractivity contribution is 7.99. The summed E-state index contributed by atoms with van der Waals surface area (Å²) in [4.78, 5) is 25.3. The number of nitrogens with zero attached hydrogens (tertiary/aromatic N) is 3. The second kappa shape index (κ2) is 12.0. The Kier molecular flexibility index (Phi) is 8.55. The van der Waals surface area contributed by atoms with Crippen molar-refractivity contribution in [1.29, 1.82) is 0 Å². The first-order chi connectivity index (χ1) is 18.7. The monoisotopic (exact) mass is 555 g/mol. The molecule has 0 radical (unpaired) electrons. The second-order valence-corrected chi connectivity index (χ2v) is 9.28. The molecule has 4 aromatic rings. The van der Waals surface area contributed by atoms with E-state index in [1.165, 1.54) is 25.3 Å².